The molecule has 30 heavy (non-hydrogen) atoms. The first-order valence-corrected chi connectivity index (χ1v) is 10.7. The van der Waals surface area contributed by atoms with Crippen LogP contribution in [0.4, 0.5) is 4.39 Å². The lowest BCUT2D eigenvalue weighted by Crippen LogP contribution is -2.44. The molecule has 0 aliphatic carbocycles. The van der Waals surface area contributed by atoms with Crippen molar-refractivity contribution in [3.63, 3.8) is 0 Å². The van der Waals surface area contributed by atoms with E-state index in [-0.39, 0.29) is 24.4 Å². The Morgan fingerprint density at radius 1 is 1.20 bits per heavy atom. The van der Waals surface area contributed by atoms with E-state index in [0.29, 0.717) is 25.6 Å². The van der Waals surface area contributed by atoms with E-state index in [4.69, 9.17) is 4.74 Å². The number of amides is 1. The topological polar surface area (TPSA) is 76.4 Å². The zero-order valence-corrected chi connectivity index (χ0v) is 17.2. The SMILES string of the molecule is O=C(Cn1cnnn1)N(CC1CCN(Cc2ccccc2F)CC1)C[C@H]1CCCO1. The molecule has 0 saturated carbocycles. The van der Waals surface area contributed by atoms with Gasteiger partial charge in [-0.15, -0.1) is 5.10 Å². The highest BCUT2D eigenvalue weighted by Gasteiger charge is 2.27. The largest absolute Gasteiger partial charge is 0.376 e. The van der Waals surface area contributed by atoms with Gasteiger partial charge in [0.2, 0.25) is 5.91 Å². The molecule has 1 aromatic carbocycles. The number of halogens is 1. The second kappa shape index (κ2) is 10.1. The lowest BCUT2D eigenvalue weighted by atomic mass is 9.95. The maximum atomic E-state index is 13.9. The van der Waals surface area contributed by atoms with Crippen molar-refractivity contribution in [2.45, 2.75) is 44.9 Å². The molecule has 1 amide bonds. The number of hydrogen-bond donors (Lipinski definition) is 0. The zero-order chi connectivity index (χ0) is 20.8. The van der Waals surface area contributed by atoms with Crippen LogP contribution in [0.2, 0.25) is 0 Å². The predicted octanol–water partition coefficient (Wildman–Crippen LogP) is 1.73. The van der Waals surface area contributed by atoms with E-state index in [0.717, 1.165) is 50.9 Å². The van der Waals surface area contributed by atoms with Crippen LogP contribution >= 0.6 is 0 Å². The van der Waals surface area contributed by atoms with E-state index in [9.17, 15) is 9.18 Å². The van der Waals surface area contributed by atoms with Gasteiger partial charge in [0.1, 0.15) is 18.7 Å². The van der Waals surface area contributed by atoms with Crippen molar-refractivity contribution in [1.29, 1.82) is 0 Å². The Bertz CT molecular complexity index is 804. The van der Waals surface area contributed by atoms with Gasteiger partial charge in [-0.1, -0.05) is 18.2 Å². The minimum atomic E-state index is -0.143. The van der Waals surface area contributed by atoms with Crippen LogP contribution in [-0.2, 0) is 22.6 Å². The predicted molar refractivity (Wildman–Crippen MR) is 108 cm³/mol. The number of ether oxygens (including phenoxy) is 1. The molecular weight excluding hydrogens is 387 g/mol. The molecule has 9 heteroatoms. The van der Waals surface area contributed by atoms with Gasteiger partial charge in [0.25, 0.3) is 0 Å². The number of benzene rings is 1. The molecule has 0 unspecified atom stereocenters. The normalized spacial score (nSPS) is 20.5. The number of hydrogen-bond acceptors (Lipinski definition) is 6. The molecule has 0 radical (unpaired) electrons. The number of carbonyl (C=O) groups excluding carboxylic acids is 1. The highest BCUT2D eigenvalue weighted by molar-refractivity contribution is 5.75. The van der Waals surface area contributed by atoms with Gasteiger partial charge in [-0.2, -0.15) is 0 Å². The first-order valence-electron chi connectivity index (χ1n) is 10.7. The summed E-state index contributed by atoms with van der Waals surface area (Å²) in [5, 5.41) is 11.0. The average Bonchev–Trinajstić information content (AvgIpc) is 3.45. The summed E-state index contributed by atoms with van der Waals surface area (Å²) in [6, 6.07) is 6.97. The van der Waals surface area contributed by atoms with Crippen LogP contribution in [0, 0.1) is 11.7 Å². The van der Waals surface area contributed by atoms with Gasteiger partial charge in [-0.05, 0) is 61.2 Å². The van der Waals surface area contributed by atoms with Crippen molar-refractivity contribution in [3.05, 3.63) is 42.0 Å². The molecule has 2 aromatic rings. The third kappa shape index (κ3) is 5.60. The number of carbonyl (C=O) groups is 1. The first-order chi connectivity index (χ1) is 14.7. The fourth-order valence-corrected chi connectivity index (χ4v) is 4.31. The minimum Gasteiger partial charge on any atom is -0.376 e. The number of likely N-dealkylation sites (tertiary alicyclic amines) is 1. The molecule has 2 fully saturated rings. The zero-order valence-electron chi connectivity index (χ0n) is 17.2. The molecule has 2 saturated heterocycles. The Morgan fingerprint density at radius 3 is 2.73 bits per heavy atom. The molecule has 0 bridgehead atoms. The summed E-state index contributed by atoms with van der Waals surface area (Å²) in [5.41, 5.74) is 0.743. The molecule has 4 rings (SSSR count). The summed E-state index contributed by atoms with van der Waals surface area (Å²) < 4.78 is 21.2. The fourth-order valence-electron chi connectivity index (χ4n) is 4.31. The van der Waals surface area contributed by atoms with E-state index in [1.165, 1.54) is 17.1 Å². The monoisotopic (exact) mass is 416 g/mol. The number of nitrogens with zero attached hydrogens (tertiary/aromatic N) is 6. The van der Waals surface area contributed by atoms with Crippen LogP contribution < -0.4 is 0 Å². The van der Waals surface area contributed by atoms with Crippen LogP contribution in [0.1, 0.15) is 31.2 Å². The van der Waals surface area contributed by atoms with Crippen LogP contribution in [0.25, 0.3) is 0 Å². The van der Waals surface area contributed by atoms with Crippen molar-refractivity contribution in [2.75, 3.05) is 32.8 Å². The maximum absolute atomic E-state index is 13.9. The van der Waals surface area contributed by atoms with Crippen LogP contribution in [-0.4, -0.2) is 74.8 Å². The first kappa shape index (κ1) is 20.9. The average molecular weight is 417 g/mol. The third-order valence-electron chi connectivity index (χ3n) is 6.03. The Balaban J connectivity index is 1.31. The van der Waals surface area contributed by atoms with Gasteiger partial charge in [-0.25, -0.2) is 9.07 Å². The molecule has 8 nitrogen and oxygen atoms in total. The highest BCUT2D eigenvalue weighted by Crippen LogP contribution is 2.22. The summed E-state index contributed by atoms with van der Waals surface area (Å²) in [4.78, 5) is 17.1. The summed E-state index contributed by atoms with van der Waals surface area (Å²) in [6.45, 7) is 4.71. The quantitative estimate of drug-likeness (QED) is 0.652. The number of rotatable bonds is 8. The summed E-state index contributed by atoms with van der Waals surface area (Å²) in [6.07, 6.45) is 5.61. The van der Waals surface area contributed by atoms with Crippen molar-refractivity contribution in [2.24, 2.45) is 5.92 Å². The van der Waals surface area contributed by atoms with E-state index < -0.39 is 0 Å². The second-order valence-corrected chi connectivity index (χ2v) is 8.25. The molecule has 1 aromatic heterocycles. The van der Waals surface area contributed by atoms with Crippen molar-refractivity contribution >= 4 is 5.91 Å². The molecule has 3 heterocycles. The molecule has 0 spiro atoms. The molecule has 1 atom stereocenters. The standard InChI is InChI=1S/C21H29FN6O2/c22-20-6-2-1-4-18(20)13-26-9-7-17(8-10-26)12-27(14-19-5-3-11-30-19)21(29)15-28-16-23-24-25-28/h1-2,4,6,16-17,19H,3,5,7-15H2/t19-/m1/s1. The van der Waals surface area contributed by atoms with Crippen molar-refractivity contribution in [3.8, 4) is 0 Å². The van der Waals surface area contributed by atoms with Crippen LogP contribution in [0.15, 0.2) is 30.6 Å². The molecule has 2 aliphatic heterocycles. The molecule has 0 N–H and O–H groups in total. The smallest absolute Gasteiger partial charge is 0.244 e. The lowest BCUT2D eigenvalue weighted by molar-refractivity contribution is -0.134. The van der Waals surface area contributed by atoms with E-state index in [1.54, 1.807) is 6.07 Å². The number of aromatic nitrogens is 4. The van der Waals surface area contributed by atoms with Crippen LogP contribution in [0.5, 0.6) is 0 Å². The van der Waals surface area contributed by atoms with Gasteiger partial charge in [-0.3, -0.25) is 9.69 Å². The van der Waals surface area contributed by atoms with Crippen LogP contribution in [0.3, 0.4) is 0 Å². The summed E-state index contributed by atoms with van der Waals surface area (Å²) >= 11 is 0. The third-order valence-corrected chi connectivity index (χ3v) is 6.03. The minimum absolute atomic E-state index is 0.0200. The summed E-state index contributed by atoms with van der Waals surface area (Å²) in [7, 11) is 0. The van der Waals surface area contributed by atoms with E-state index in [1.807, 2.05) is 17.0 Å². The molecule has 2 aliphatic rings. The molecular formula is C21H29FN6O2. The summed E-state index contributed by atoms with van der Waals surface area (Å²) in [5.74, 6) is 0.309. The van der Waals surface area contributed by atoms with Crippen molar-refractivity contribution in [1.82, 2.24) is 30.0 Å². The van der Waals surface area contributed by atoms with Gasteiger partial charge in [0, 0.05) is 31.8 Å². The second-order valence-electron chi connectivity index (χ2n) is 8.25. The van der Waals surface area contributed by atoms with Gasteiger partial charge < -0.3 is 9.64 Å². The van der Waals surface area contributed by atoms with Gasteiger partial charge >= 0.3 is 0 Å². The highest BCUT2D eigenvalue weighted by atomic mass is 19.1. The lowest BCUT2D eigenvalue weighted by Gasteiger charge is -2.35. The maximum Gasteiger partial charge on any atom is 0.244 e. The Kier molecular flexibility index (Phi) is 7.01. The molecule has 162 valence electrons. The van der Waals surface area contributed by atoms with Crippen molar-refractivity contribution < 1.29 is 13.9 Å². The number of tetrazole rings is 1. The number of piperidine rings is 1. The Labute approximate surface area is 176 Å². The van der Waals surface area contributed by atoms with Gasteiger partial charge in [0.05, 0.1) is 6.10 Å². The Hall–Kier alpha value is -2.39. The Morgan fingerprint density at radius 2 is 2.03 bits per heavy atom. The van der Waals surface area contributed by atoms with Gasteiger partial charge in [0.15, 0.2) is 0 Å². The fraction of sp³-hybridized carbons (Fsp3) is 0.619. The van der Waals surface area contributed by atoms with E-state index >= 15 is 0 Å². The van der Waals surface area contributed by atoms with E-state index in [2.05, 4.69) is 20.4 Å².